The molecule has 3 saturated heterocycles. The summed E-state index contributed by atoms with van der Waals surface area (Å²) in [5.41, 5.74) is -0.246. The number of rotatable bonds is 4. The van der Waals surface area contributed by atoms with Crippen LogP contribution in [0.3, 0.4) is 0 Å². The van der Waals surface area contributed by atoms with Gasteiger partial charge in [-0.05, 0) is 32.7 Å². The highest BCUT2D eigenvalue weighted by molar-refractivity contribution is 5.68. The highest BCUT2D eigenvalue weighted by atomic mass is 16.5. The Balaban J connectivity index is 1.51. The first-order valence-corrected chi connectivity index (χ1v) is 6.91. The number of carboxylic acid groups (broad SMARTS) is 1. The van der Waals surface area contributed by atoms with Crippen molar-refractivity contribution in [3.8, 4) is 0 Å². The second-order valence-corrected chi connectivity index (χ2v) is 6.14. The molecule has 18 heavy (non-hydrogen) atoms. The maximum Gasteiger partial charge on any atom is 0.329 e. The minimum Gasteiger partial charge on any atom is -0.480 e. The van der Waals surface area contributed by atoms with Gasteiger partial charge < -0.3 is 9.84 Å². The van der Waals surface area contributed by atoms with Gasteiger partial charge in [-0.1, -0.05) is 0 Å². The zero-order valence-corrected chi connectivity index (χ0v) is 11.0. The molecule has 0 amide bonds. The van der Waals surface area contributed by atoms with Gasteiger partial charge in [0, 0.05) is 31.7 Å². The molecule has 3 aliphatic heterocycles. The van der Waals surface area contributed by atoms with E-state index in [0.29, 0.717) is 6.04 Å². The molecule has 0 saturated carbocycles. The average molecular weight is 254 g/mol. The third-order valence-corrected chi connectivity index (χ3v) is 4.66. The number of aliphatic carboxylic acids is 1. The van der Waals surface area contributed by atoms with Gasteiger partial charge in [-0.3, -0.25) is 9.80 Å². The fourth-order valence-corrected chi connectivity index (χ4v) is 3.86. The Bertz CT molecular complexity index is 341. The minimum absolute atomic E-state index is 0.176. The van der Waals surface area contributed by atoms with E-state index in [1.54, 1.807) is 0 Å². The molecular weight excluding hydrogens is 232 g/mol. The van der Waals surface area contributed by atoms with E-state index in [4.69, 9.17) is 9.84 Å². The van der Waals surface area contributed by atoms with E-state index < -0.39 is 5.97 Å². The lowest BCUT2D eigenvalue weighted by Gasteiger charge is -2.51. The molecule has 1 N–H and O–H groups in total. The monoisotopic (exact) mass is 254 g/mol. The Hall–Kier alpha value is -0.650. The minimum atomic E-state index is -0.877. The lowest BCUT2D eigenvalue weighted by Crippen LogP contribution is -2.66. The van der Waals surface area contributed by atoms with Crippen molar-refractivity contribution in [1.82, 2.24) is 9.80 Å². The summed E-state index contributed by atoms with van der Waals surface area (Å²) in [5, 5.41) is 8.65. The summed E-state index contributed by atoms with van der Waals surface area (Å²) >= 11 is 0. The molecule has 5 heteroatoms. The Morgan fingerprint density at radius 1 is 1.28 bits per heavy atom. The summed E-state index contributed by atoms with van der Waals surface area (Å²) in [4.78, 5) is 15.6. The number of carbonyl (C=O) groups is 1. The largest absolute Gasteiger partial charge is 0.480 e. The Labute approximate surface area is 108 Å². The van der Waals surface area contributed by atoms with Gasteiger partial charge in [-0.15, -0.1) is 0 Å². The smallest absolute Gasteiger partial charge is 0.329 e. The second kappa shape index (κ2) is 4.47. The number of nitrogens with zero attached hydrogens (tertiary/aromatic N) is 2. The number of fused-ring (bicyclic) bond motifs is 1. The van der Waals surface area contributed by atoms with Crippen LogP contribution >= 0.6 is 0 Å². The zero-order valence-electron chi connectivity index (χ0n) is 11.0. The molecule has 0 bridgehead atoms. The van der Waals surface area contributed by atoms with Gasteiger partial charge in [-0.25, -0.2) is 4.79 Å². The van der Waals surface area contributed by atoms with Crippen LogP contribution in [-0.2, 0) is 9.53 Å². The molecule has 3 fully saturated rings. The summed E-state index contributed by atoms with van der Waals surface area (Å²) in [6, 6.07) is 1.42. The summed E-state index contributed by atoms with van der Waals surface area (Å²) in [7, 11) is 0. The van der Waals surface area contributed by atoms with E-state index >= 15 is 0 Å². The van der Waals surface area contributed by atoms with E-state index in [1.165, 1.54) is 32.4 Å². The molecule has 102 valence electrons. The third kappa shape index (κ3) is 2.15. The zero-order chi connectivity index (χ0) is 12.8. The van der Waals surface area contributed by atoms with Crippen LogP contribution in [0.5, 0.6) is 0 Å². The molecule has 3 aliphatic rings. The van der Waals surface area contributed by atoms with Crippen molar-refractivity contribution in [1.29, 1.82) is 0 Å². The van der Waals surface area contributed by atoms with Crippen LogP contribution < -0.4 is 0 Å². The standard InChI is InChI=1S/C13H22N2O3/c1-13(18-7-12(16)17)8-15(9-13)11-4-6-14-5-2-3-10(11)14/h10-11H,2-9H2,1H3,(H,16,17). The summed E-state index contributed by atoms with van der Waals surface area (Å²) in [5.74, 6) is -0.877. The van der Waals surface area contributed by atoms with Crippen molar-refractivity contribution in [3.05, 3.63) is 0 Å². The Kier molecular flexibility index (Phi) is 3.08. The van der Waals surface area contributed by atoms with Gasteiger partial charge in [0.15, 0.2) is 0 Å². The predicted molar refractivity (Wildman–Crippen MR) is 66.6 cm³/mol. The highest BCUT2D eigenvalue weighted by Gasteiger charge is 2.48. The quantitative estimate of drug-likeness (QED) is 0.787. The lowest BCUT2D eigenvalue weighted by atomic mass is 9.91. The van der Waals surface area contributed by atoms with Crippen LogP contribution in [0.1, 0.15) is 26.2 Å². The first kappa shape index (κ1) is 12.4. The summed E-state index contributed by atoms with van der Waals surface area (Å²) in [6.45, 7) is 6.11. The molecule has 2 unspecified atom stereocenters. The molecule has 3 rings (SSSR count). The number of hydrogen-bond acceptors (Lipinski definition) is 4. The van der Waals surface area contributed by atoms with Crippen LogP contribution in [0.15, 0.2) is 0 Å². The maximum atomic E-state index is 10.5. The van der Waals surface area contributed by atoms with Crippen molar-refractivity contribution >= 4 is 5.97 Å². The fraction of sp³-hybridized carbons (Fsp3) is 0.923. The van der Waals surface area contributed by atoms with Gasteiger partial charge in [0.1, 0.15) is 6.61 Å². The molecule has 0 aromatic carbocycles. The van der Waals surface area contributed by atoms with Crippen molar-refractivity contribution < 1.29 is 14.6 Å². The molecule has 0 aromatic rings. The molecule has 3 heterocycles. The Morgan fingerprint density at radius 2 is 2.00 bits per heavy atom. The number of hydrogen-bond donors (Lipinski definition) is 1. The maximum absolute atomic E-state index is 10.5. The van der Waals surface area contributed by atoms with Gasteiger partial charge in [-0.2, -0.15) is 0 Å². The topological polar surface area (TPSA) is 53.0 Å². The molecule has 0 aliphatic carbocycles. The number of ether oxygens (including phenoxy) is 1. The molecule has 5 nitrogen and oxygen atoms in total. The van der Waals surface area contributed by atoms with Gasteiger partial charge in [0.05, 0.1) is 5.60 Å². The Morgan fingerprint density at radius 3 is 2.72 bits per heavy atom. The van der Waals surface area contributed by atoms with Crippen LogP contribution in [0, 0.1) is 0 Å². The fourth-order valence-electron chi connectivity index (χ4n) is 3.86. The number of likely N-dealkylation sites (tertiary alicyclic amines) is 1. The molecule has 0 spiro atoms. The van der Waals surface area contributed by atoms with Crippen molar-refractivity contribution in [2.24, 2.45) is 0 Å². The normalized spacial score (nSPS) is 35.4. The summed E-state index contributed by atoms with van der Waals surface area (Å²) in [6.07, 6.45) is 3.93. The lowest BCUT2D eigenvalue weighted by molar-refractivity contribution is -0.170. The second-order valence-electron chi connectivity index (χ2n) is 6.14. The van der Waals surface area contributed by atoms with E-state index in [9.17, 15) is 4.79 Å². The van der Waals surface area contributed by atoms with Crippen LogP contribution in [0.25, 0.3) is 0 Å². The average Bonchev–Trinajstić information content (AvgIpc) is 2.84. The van der Waals surface area contributed by atoms with Gasteiger partial charge in [0.2, 0.25) is 0 Å². The van der Waals surface area contributed by atoms with Crippen LogP contribution in [-0.4, -0.2) is 71.3 Å². The molecule has 2 atom stereocenters. The molecule has 0 aromatic heterocycles. The first-order valence-electron chi connectivity index (χ1n) is 6.91. The van der Waals surface area contributed by atoms with E-state index in [2.05, 4.69) is 9.80 Å². The highest BCUT2D eigenvalue weighted by Crippen LogP contribution is 2.36. The van der Waals surface area contributed by atoms with Gasteiger partial charge >= 0.3 is 5.97 Å². The van der Waals surface area contributed by atoms with Crippen LogP contribution in [0.2, 0.25) is 0 Å². The van der Waals surface area contributed by atoms with Crippen LogP contribution in [0.4, 0.5) is 0 Å². The number of carboxylic acids is 1. The van der Waals surface area contributed by atoms with Gasteiger partial charge in [0.25, 0.3) is 0 Å². The summed E-state index contributed by atoms with van der Waals surface area (Å²) < 4.78 is 5.47. The van der Waals surface area contributed by atoms with E-state index in [-0.39, 0.29) is 12.2 Å². The molecular formula is C13H22N2O3. The van der Waals surface area contributed by atoms with Crippen molar-refractivity contribution in [3.63, 3.8) is 0 Å². The SMILES string of the molecule is CC1(OCC(=O)O)CN(C2CCN3CCCC23)C1. The van der Waals surface area contributed by atoms with Crippen molar-refractivity contribution in [2.45, 2.75) is 43.9 Å². The third-order valence-electron chi connectivity index (χ3n) is 4.66. The molecule has 0 radical (unpaired) electrons. The van der Waals surface area contributed by atoms with E-state index in [0.717, 1.165) is 19.1 Å². The predicted octanol–water partition coefficient (Wildman–Crippen LogP) is 0.399. The van der Waals surface area contributed by atoms with Crippen molar-refractivity contribution in [2.75, 3.05) is 32.8 Å². The van der Waals surface area contributed by atoms with E-state index in [1.807, 2.05) is 6.92 Å². The first-order chi connectivity index (χ1) is 8.57.